The molecule has 3 N–H and O–H groups in total. The average molecular weight is 317 g/mol. The lowest BCUT2D eigenvalue weighted by Crippen LogP contribution is -2.13. The van der Waals surface area contributed by atoms with Gasteiger partial charge in [-0.3, -0.25) is 4.79 Å². The van der Waals surface area contributed by atoms with Gasteiger partial charge in [-0.05, 0) is 30.3 Å². The Morgan fingerprint density at radius 1 is 1.17 bits per heavy atom. The first kappa shape index (κ1) is 16.6. The number of hydrogen-bond donors (Lipinski definition) is 3. The molecule has 0 aliphatic rings. The van der Waals surface area contributed by atoms with Crippen molar-refractivity contribution in [2.24, 2.45) is 0 Å². The molecule has 1 aromatic carbocycles. The topological polar surface area (TPSA) is 92.7 Å². The van der Waals surface area contributed by atoms with Gasteiger partial charge >= 0.3 is 0 Å². The first-order valence-electron chi connectivity index (χ1n) is 7.02. The smallest absolute Gasteiger partial charge is 0.255 e. The average Bonchev–Trinajstić information content (AvgIpc) is 2.60. The molecule has 0 spiro atoms. The third-order valence-electron chi connectivity index (χ3n) is 3.09. The third-order valence-corrected chi connectivity index (χ3v) is 3.09. The molecule has 0 unspecified atom stereocenters. The molecule has 23 heavy (non-hydrogen) atoms. The minimum absolute atomic E-state index is 0.0273. The van der Waals surface area contributed by atoms with Gasteiger partial charge in [0.15, 0.2) is 11.5 Å². The molecule has 0 saturated carbocycles. The molecule has 7 heteroatoms. The monoisotopic (exact) mass is 317 g/mol. The summed E-state index contributed by atoms with van der Waals surface area (Å²) < 4.78 is 10.3. The highest BCUT2D eigenvalue weighted by Gasteiger charge is 2.11. The van der Waals surface area contributed by atoms with Crippen LogP contribution in [0.25, 0.3) is 0 Å². The fourth-order valence-corrected chi connectivity index (χ4v) is 1.94. The number of carbonyl (C=O) groups excluding carboxylic acids is 1. The summed E-state index contributed by atoms with van der Waals surface area (Å²) in [6.07, 6.45) is 1.54. The van der Waals surface area contributed by atoms with Crippen LogP contribution in [0.2, 0.25) is 0 Å². The van der Waals surface area contributed by atoms with Crippen LogP contribution in [-0.2, 0) is 0 Å². The van der Waals surface area contributed by atoms with Gasteiger partial charge in [-0.15, -0.1) is 0 Å². The van der Waals surface area contributed by atoms with Crippen molar-refractivity contribution in [2.75, 3.05) is 38.0 Å². The van der Waals surface area contributed by atoms with Crippen molar-refractivity contribution in [3.8, 4) is 11.5 Å². The number of pyridine rings is 1. The molecule has 2 aromatic rings. The normalized spacial score (nSPS) is 10.0. The molecule has 0 bridgehead atoms. The van der Waals surface area contributed by atoms with Gasteiger partial charge in [-0.25, -0.2) is 4.98 Å². The summed E-state index contributed by atoms with van der Waals surface area (Å²) in [7, 11) is 3.05. The molecule has 1 aromatic heterocycles. The molecule has 7 nitrogen and oxygen atoms in total. The van der Waals surface area contributed by atoms with Crippen molar-refractivity contribution in [1.29, 1.82) is 0 Å². The van der Waals surface area contributed by atoms with Crippen LogP contribution >= 0.6 is 0 Å². The van der Waals surface area contributed by atoms with Crippen molar-refractivity contribution in [2.45, 2.75) is 0 Å². The van der Waals surface area contributed by atoms with E-state index in [-0.39, 0.29) is 12.5 Å². The van der Waals surface area contributed by atoms with Gasteiger partial charge in [0.25, 0.3) is 5.91 Å². The molecule has 0 saturated heterocycles. The van der Waals surface area contributed by atoms with E-state index in [1.54, 1.807) is 36.5 Å². The van der Waals surface area contributed by atoms with E-state index < -0.39 is 0 Å². The lowest BCUT2D eigenvalue weighted by molar-refractivity contribution is 0.102. The number of carbonyl (C=O) groups is 1. The van der Waals surface area contributed by atoms with E-state index in [0.29, 0.717) is 35.1 Å². The number of hydrogen-bond acceptors (Lipinski definition) is 6. The number of amides is 1. The maximum absolute atomic E-state index is 12.3. The fourth-order valence-electron chi connectivity index (χ4n) is 1.94. The summed E-state index contributed by atoms with van der Waals surface area (Å²) in [5.74, 6) is 1.40. The van der Waals surface area contributed by atoms with E-state index >= 15 is 0 Å². The quantitative estimate of drug-likeness (QED) is 0.720. The van der Waals surface area contributed by atoms with E-state index in [1.165, 1.54) is 14.2 Å². The molecule has 122 valence electrons. The van der Waals surface area contributed by atoms with Gasteiger partial charge < -0.3 is 25.2 Å². The number of aliphatic hydroxyl groups is 1. The van der Waals surface area contributed by atoms with Crippen LogP contribution in [0.4, 0.5) is 11.5 Å². The van der Waals surface area contributed by atoms with Crippen LogP contribution in [0.1, 0.15) is 10.4 Å². The van der Waals surface area contributed by atoms with Crippen LogP contribution in [0, 0.1) is 0 Å². The van der Waals surface area contributed by atoms with E-state index in [9.17, 15) is 4.79 Å². The van der Waals surface area contributed by atoms with Gasteiger partial charge in [0.1, 0.15) is 5.82 Å². The zero-order valence-electron chi connectivity index (χ0n) is 13.0. The second-order valence-electron chi connectivity index (χ2n) is 4.61. The molecule has 1 amide bonds. The van der Waals surface area contributed by atoms with Crippen molar-refractivity contribution in [3.05, 3.63) is 42.1 Å². The van der Waals surface area contributed by atoms with E-state index in [4.69, 9.17) is 14.6 Å². The number of benzene rings is 1. The molecular formula is C16H19N3O4. The highest BCUT2D eigenvalue weighted by atomic mass is 16.5. The van der Waals surface area contributed by atoms with Crippen molar-refractivity contribution >= 4 is 17.4 Å². The van der Waals surface area contributed by atoms with Crippen molar-refractivity contribution < 1.29 is 19.4 Å². The maximum Gasteiger partial charge on any atom is 0.255 e. The highest BCUT2D eigenvalue weighted by molar-refractivity contribution is 6.04. The molecule has 0 radical (unpaired) electrons. The Kier molecular flexibility index (Phi) is 5.76. The summed E-state index contributed by atoms with van der Waals surface area (Å²) in [4.78, 5) is 16.4. The van der Waals surface area contributed by atoms with Crippen LogP contribution in [0.3, 0.4) is 0 Å². The Bertz CT molecular complexity index is 659. The Balaban J connectivity index is 2.06. The van der Waals surface area contributed by atoms with Crippen molar-refractivity contribution in [3.63, 3.8) is 0 Å². The van der Waals surface area contributed by atoms with Crippen LogP contribution in [0.5, 0.6) is 11.5 Å². The van der Waals surface area contributed by atoms with Gasteiger partial charge in [-0.1, -0.05) is 0 Å². The molecule has 0 atom stereocenters. The van der Waals surface area contributed by atoms with Crippen LogP contribution < -0.4 is 20.1 Å². The van der Waals surface area contributed by atoms with Crippen molar-refractivity contribution in [1.82, 2.24) is 4.98 Å². The second kappa shape index (κ2) is 8.00. The number of methoxy groups -OCH3 is 2. The van der Waals surface area contributed by atoms with Crippen LogP contribution in [-0.4, -0.2) is 43.4 Å². The predicted octanol–water partition coefficient (Wildman–Crippen LogP) is 1.76. The largest absolute Gasteiger partial charge is 0.493 e. The molecular weight excluding hydrogens is 298 g/mol. The Morgan fingerprint density at radius 3 is 2.57 bits per heavy atom. The molecule has 1 heterocycles. The number of aliphatic hydroxyl groups excluding tert-OH is 1. The molecule has 2 rings (SSSR count). The highest BCUT2D eigenvalue weighted by Crippen LogP contribution is 2.27. The van der Waals surface area contributed by atoms with Gasteiger partial charge in [0.05, 0.1) is 32.7 Å². The third kappa shape index (κ3) is 4.33. The Labute approximate surface area is 134 Å². The Morgan fingerprint density at radius 2 is 1.96 bits per heavy atom. The van der Waals surface area contributed by atoms with Crippen LogP contribution in [0.15, 0.2) is 36.5 Å². The number of nitrogens with one attached hydrogen (secondary N) is 2. The maximum atomic E-state index is 12.3. The lowest BCUT2D eigenvalue weighted by Gasteiger charge is -2.10. The van der Waals surface area contributed by atoms with E-state index in [0.717, 1.165) is 0 Å². The number of nitrogens with zero attached hydrogens (tertiary/aromatic N) is 1. The number of ether oxygens (including phenoxy) is 2. The molecule has 0 aliphatic carbocycles. The second-order valence-corrected chi connectivity index (χ2v) is 4.61. The summed E-state index contributed by atoms with van der Waals surface area (Å²) in [6, 6.07) is 8.39. The van der Waals surface area contributed by atoms with E-state index in [1.807, 2.05) is 0 Å². The SMILES string of the molecule is COc1ccc(C(=O)Nc2ccc(NCCO)nc2)cc1OC. The fraction of sp³-hybridized carbons (Fsp3) is 0.250. The Hall–Kier alpha value is -2.80. The minimum atomic E-state index is -0.274. The first-order valence-corrected chi connectivity index (χ1v) is 7.02. The minimum Gasteiger partial charge on any atom is -0.493 e. The van der Waals surface area contributed by atoms with Gasteiger partial charge in [0.2, 0.25) is 0 Å². The summed E-state index contributed by atoms with van der Waals surface area (Å²) in [6.45, 7) is 0.448. The lowest BCUT2D eigenvalue weighted by atomic mass is 10.2. The molecule has 0 aliphatic heterocycles. The number of anilines is 2. The summed E-state index contributed by atoms with van der Waals surface area (Å²) in [5.41, 5.74) is 1.02. The van der Waals surface area contributed by atoms with Gasteiger partial charge in [0, 0.05) is 12.1 Å². The zero-order chi connectivity index (χ0) is 16.7. The number of aromatic nitrogens is 1. The summed E-state index contributed by atoms with van der Waals surface area (Å²) in [5, 5.41) is 14.4. The summed E-state index contributed by atoms with van der Waals surface area (Å²) >= 11 is 0. The first-order chi connectivity index (χ1) is 11.2. The zero-order valence-corrected chi connectivity index (χ0v) is 13.0. The number of rotatable bonds is 7. The van der Waals surface area contributed by atoms with Gasteiger partial charge in [-0.2, -0.15) is 0 Å². The predicted molar refractivity (Wildman–Crippen MR) is 87.3 cm³/mol. The molecule has 0 fully saturated rings. The van der Waals surface area contributed by atoms with E-state index in [2.05, 4.69) is 15.6 Å². The standard InChI is InChI=1S/C16H19N3O4/c1-22-13-5-3-11(9-14(13)23-2)16(21)19-12-4-6-15(18-10-12)17-7-8-20/h3-6,9-10,20H,7-8H2,1-2H3,(H,17,18)(H,19,21).